The number of carbonyl (C=O) groups excluding carboxylic acids is 1. The van der Waals surface area contributed by atoms with Gasteiger partial charge in [0.05, 0.1) is 25.0 Å². The molecule has 150 valence electrons. The van der Waals surface area contributed by atoms with Crippen LogP contribution in [0.3, 0.4) is 0 Å². The van der Waals surface area contributed by atoms with E-state index >= 15 is 0 Å². The Morgan fingerprint density at radius 3 is 2.93 bits per heavy atom. The van der Waals surface area contributed by atoms with Crippen molar-refractivity contribution >= 4 is 22.4 Å². The van der Waals surface area contributed by atoms with E-state index in [1.807, 2.05) is 29.6 Å². The molecule has 7 nitrogen and oxygen atoms in total. The first-order valence-electron chi connectivity index (χ1n) is 9.60. The summed E-state index contributed by atoms with van der Waals surface area (Å²) in [6.07, 6.45) is 7.17. The maximum atomic E-state index is 12.4. The lowest BCUT2D eigenvalue weighted by molar-refractivity contribution is -0.117. The van der Waals surface area contributed by atoms with E-state index in [1.165, 1.54) is 11.3 Å². The zero-order chi connectivity index (χ0) is 20.1. The van der Waals surface area contributed by atoms with E-state index in [0.29, 0.717) is 11.7 Å². The Kier molecular flexibility index (Phi) is 6.12. The van der Waals surface area contributed by atoms with Gasteiger partial charge in [-0.2, -0.15) is 0 Å². The first-order chi connectivity index (χ1) is 14.2. The molecule has 0 saturated carbocycles. The number of thiazole rings is 1. The molecule has 1 aliphatic rings. The number of carbonyl (C=O) groups is 1. The molecule has 0 unspecified atom stereocenters. The molecular weight excluding hydrogens is 386 g/mol. The van der Waals surface area contributed by atoms with Crippen LogP contribution in [0.4, 0.5) is 5.13 Å². The molecule has 8 heteroatoms. The van der Waals surface area contributed by atoms with Gasteiger partial charge in [-0.1, -0.05) is 12.1 Å². The van der Waals surface area contributed by atoms with Gasteiger partial charge in [-0.05, 0) is 31.5 Å². The summed E-state index contributed by atoms with van der Waals surface area (Å²) < 4.78 is 5.53. The van der Waals surface area contributed by atoms with Crippen LogP contribution < -0.4 is 10.1 Å². The minimum absolute atomic E-state index is 0.0373. The van der Waals surface area contributed by atoms with Crippen molar-refractivity contribution in [2.75, 3.05) is 32.1 Å². The van der Waals surface area contributed by atoms with E-state index in [4.69, 9.17) is 4.74 Å². The van der Waals surface area contributed by atoms with Crippen LogP contribution in [-0.4, -0.2) is 52.5 Å². The van der Waals surface area contributed by atoms with E-state index in [-0.39, 0.29) is 11.8 Å². The van der Waals surface area contributed by atoms with Crippen molar-refractivity contribution in [1.82, 2.24) is 19.9 Å². The summed E-state index contributed by atoms with van der Waals surface area (Å²) in [5, 5.41) is 5.34. The number of para-hydroxylation sites is 1. The number of amides is 1. The Morgan fingerprint density at radius 2 is 2.10 bits per heavy atom. The molecule has 1 fully saturated rings. The van der Waals surface area contributed by atoms with Gasteiger partial charge in [0.1, 0.15) is 5.75 Å². The fourth-order valence-electron chi connectivity index (χ4n) is 3.76. The molecule has 0 bridgehead atoms. The number of piperidine rings is 1. The highest BCUT2D eigenvalue weighted by molar-refractivity contribution is 7.13. The highest BCUT2D eigenvalue weighted by Gasteiger charge is 2.27. The Morgan fingerprint density at radius 1 is 1.24 bits per heavy atom. The lowest BCUT2D eigenvalue weighted by Gasteiger charge is -2.32. The number of hydrogen-bond acceptors (Lipinski definition) is 7. The molecule has 1 N–H and O–H groups in total. The van der Waals surface area contributed by atoms with Gasteiger partial charge in [0.2, 0.25) is 5.91 Å². The molecule has 3 heterocycles. The van der Waals surface area contributed by atoms with Crippen molar-refractivity contribution in [2.45, 2.75) is 18.8 Å². The van der Waals surface area contributed by atoms with Crippen molar-refractivity contribution in [3.63, 3.8) is 0 Å². The second-order valence-electron chi connectivity index (χ2n) is 6.95. The maximum absolute atomic E-state index is 12.4. The molecule has 1 aromatic carbocycles. The van der Waals surface area contributed by atoms with Crippen molar-refractivity contribution in [2.24, 2.45) is 0 Å². The van der Waals surface area contributed by atoms with E-state index in [0.717, 1.165) is 48.6 Å². The number of ether oxygens (including phenoxy) is 1. The summed E-state index contributed by atoms with van der Waals surface area (Å²) in [7, 11) is 1.66. The molecule has 1 saturated heterocycles. The van der Waals surface area contributed by atoms with E-state index in [9.17, 15) is 4.79 Å². The average molecular weight is 410 g/mol. The lowest BCUT2D eigenvalue weighted by atomic mass is 9.91. The number of likely N-dealkylation sites (tertiary alicyclic amines) is 1. The van der Waals surface area contributed by atoms with Crippen molar-refractivity contribution in [3.8, 4) is 17.0 Å². The lowest BCUT2D eigenvalue weighted by Crippen LogP contribution is -2.40. The molecule has 1 atom stereocenters. The maximum Gasteiger partial charge on any atom is 0.240 e. The number of aromatic nitrogens is 3. The highest BCUT2D eigenvalue weighted by Crippen LogP contribution is 2.35. The average Bonchev–Trinajstić information content (AvgIpc) is 3.26. The second kappa shape index (κ2) is 9.11. The normalized spacial score (nSPS) is 17.1. The third-order valence-electron chi connectivity index (χ3n) is 5.03. The quantitative estimate of drug-likeness (QED) is 0.672. The largest absolute Gasteiger partial charge is 0.496 e. The minimum atomic E-state index is -0.0373. The predicted octanol–water partition coefficient (Wildman–Crippen LogP) is 3.43. The van der Waals surface area contributed by atoms with Crippen LogP contribution in [0.25, 0.3) is 11.3 Å². The Hall–Kier alpha value is -2.84. The van der Waals surface area contributed by atoms with Crippen LogP contribution in [0, 0.1) is 0 Å². The summed E-state index contributed by atoms with van der Waals surface area (Å²) in [5.74, 6) is 0.958. The molecule has 2 aromatic heterocycles. The smallest absolute Gasteiger partial charge is 0.240 e. The van der Waals surface area contributed by atoms with Crippen molar-refractivity contribution in [1.29, 1.82) is 0 Å². The molecular formula is C21H23N5O2S. The fourth-order valence-corrected chi connectivity index (χ4v) is 4.31. The Labute approximate surface area is 173 Å². The molecule has 29 heavy (non-hydrogen) atoms. The molecule has 1 aliphatic heterocycles. The number of hydrogen-bond donors (Lipinski definition) is 1. The van der Waals surface area contributed by atoms with Gasteiger partial charge < -0.3 is 10.1 Å². The second-order valence-corrected chi connectivity index (χ2v) is 7.84. The zero-order valence-corrected chi connectivity index (χ0v) is 17.1. The van der Waals surface area contributed by atoms with E-state index in [2.05, 4.69) is 25.2 Å². The van der Waals surface area contributed by atoms with Gasteiger partial charge in [0.25, 0.3) is 0 Å². The van der Waals surface area contributed by atoms with Gasteiger partial charge in [-0.3, -0.25) is 19.7 Å². The zero-order valence-electron chi connectivity index (χ0n) is 16.2. The van der Waals surface area contributed by atoms with Crippen LogP contribution >= 0.6 is 11.3 Å². The monoisotopic (exact) mass is 409 g/mol. The number of methoxy groups -OCH3 is 1. The predicted molar refractivity (Wildman–Crippen MR) is 113 cm³/mol. The van der Waals surface area contributed by atoms with Crippen LogP contribution in [-0.2, 0) is 4.79 Å². The Balaban J connectivity index is 1.51. The summed E-state index contributed by atoms with van der Waals surface area (Å²) in [4.78, 5) is 27.9. The van der Waals surface area contributed by atoms with Crippen LogP contribution in [0.2, 0.25) is 0 Å². The third-order valence-corrected chi connectivity index (χ3v) is 5.72. The van der Waals surface area contributed by atoms with Crippen molar-refractivity contribution in [3.05, 3.63) is 53.9 Å². The summed E-state index contributed by atoms with van der Waals surface area (Å²) in [5.41, 5.74) is 2.75. The van der Waals surface area contributed by atoms with Crippen LogP contribution in [0.15, 0.2) is 48.2 Å². The number of anilines is 1. The SMILES string of the molecule is COc1ccccc1-c1nccnc1[C@H]1CCCN(CC(=O)Nc2nccs2)C1. The summed E-state index contributed by atoms with van der Waals surface area (Å²) in [6, 6.07) is 7.87. The van der Waals surface area contributed by atoms with Crippen LogP contribution in [0.1, 0.15) is 24.5 Å². The molecule has 3 aromatic rings. The van der Waals surface area contributed by atoms with Gasteiger partial charge in [-0.15, -0.1) is 11.3 Å². The van der Waals surface area contributed by atoms with E-state index < -0.39 is 0 Å². The molecule has 4 rings (SSSR count). The molecule has 0 radical (unpaired) electrons. The first kappa shape index (κ1) is 19.5. The topological polar surface area (TPSA) is 80.2 Å². The summed E-state index contributed by atoms with van der Waals surface area (Å²) >= 11 is 1.42. The van der Waals surface area contributed by atoms with Gasteiger partial charge in [0, 0.05) is 42.0 Å². The standard InChI is InChI=1S/C21H23N5O2S/c1-28-17-7-3-2-6-16(17)20-19(22-8-9-23-20)15-5-4-11-26(13-15)14-18(27)25-21-24-10-12-29-21/h2-3,6-10,12,15H,4-5,11,13-14H2,1H3,(H,24,25,27)/t15-/m0/s1. The number of rotatable bonds is 6. The van der Waals surface area contributed by atoms with Gasteiger partial charge in [0.15, 0.2) is 5.13 Å². The molecule has 0 spiro atoms. The van der Waals surface area contributed by atoms with E-state index in [1.54, 1.807) is 25.7 Å². The number of nitrogens with one attached hydrogen (secondary N) is 1. The van der Waals surface area contributed by atoms with Gasteiger partial charge in [-0.25, -0.2) is 4.98 Å². The number of nitrogens with zero attached hydrogens (tertiary/aromatic N) is 4. The molecule has 1 amide bonds. The van der Waals surface area contributed by atoms with Gasteiger partial charge >= 0.3 is 0 Å². The van der Waals surface area contributed by atoms with Crippen molar-refractivity contribution < 1.29 is 9.53 Å². The van der Waals surface area contributed by atoms with Crippen LogP contribution in [0.5, 0.6) is 5.75 Å². The minimum Gasteiger partial charge on any atom is -0.496 e. The Bertz CT molecular complexity index is 963. The highest BCUT2D eigenvalue weighted by atomic mass is 32.1. The fraction of sp³-hybridized carbons (Fsp3) is 0.333. The number of benzene rings is 1. The third kappa shape index (κ3) is 4.60. The first-order valence-corrected chi connectivity index (χ1v) is 10.5. The summed E-state index contributed by atoms with van der Waals surface area (Å²) in [6.45, 7) is 2.01. The molecule has 0 aliphatic carbocycles.